The molecule has 1 amide bonds. The Labute approximate surface area is 310 Å². The number of fused-ring (bicyclic) bond motifs is 1. The number of anilines is 2. The van der Waals surface area contributed by atoms with Crippen molar-refractivity contribution in [3.8, 4) is 22.5 Å². The monoisotopic (exact) mass is 727 g/mol. The summed E-state index contributed by atoms with van der Waals surface area (Å²) >= 11 is 12.8. The van der Waals surface area contributed by atoms with E-state index < -0.39 is 0 Å². The van der Waals surface area contributed by atoms with Gasteiger partial charge in [-0.1, -0.05) is 77.8 Å². The van der Waals surface area contributed by atoms with Crippen LogP contribution >= 0.6 is 23.2 Å². The van der Waals surface area contributed by atoms with E-state index >= 15 is 0 Å². The number of nitrogens with one attached hydrogen (secondary N) is 2. The quantitative estimate of drug-likeness (QED) is 0.163. The molecule has 7 aromatic rings. The number of hydrogen-bond donors (Lipinski definition) is 2. The number of piperidine rings is 1. The van der Waals surface area contributed by atoms with Crippen LogP contribution in [0.4, 0.5) is 11.5 Å². The lowest BCUT2D eigenvalue weighted by molar-refractivity contribution is 0.102. The van der Waals surface area contributed by atoms with Gasteiger partial charge in [-0.2, -0.15) is 0 Å². The van der Waals surface area contributed by atoms with Crippen LogP contribution in [0.15, 0.2) is 127 Å². The van der Waals surface area contributed by atoms with Crippen molar-refractivity contribution in [2.75, 3.05) is 23.3 Å². The summed E-state index contributed by atoms with van der Waals surface area (Å²) in [4.78, 5) is 42.4. The van der Waals surface area contributed by atoms with Crippen molar-refractivity contribution < 1.29 is 4.79 Å². The number of amides is 1. The fraction of sp³-hybridized carbons (Fsp3) is 0.171. The molecule has 5 heterocycles. The molecule has 52 heavy (non-hydrogen) atoms. The molecular weight excluding hydrogens is 693 g/mol. The van der Waals surface area contributed by atoms with Gasteiger partial charge in [-0.25, -0.2) is 9.97 Å². The lowest BCUT2D eigenvalue weighted by atomic mass is 9.99. The minimum absolute atomic E-state index is 0.00138. The summed E-state index contributed by atoms with van der Waals surface area (Å²) < 4.78 is 3.92. The molecule has 0 saturated carbocycles. The molecule has 8 rings (SSSR count). The lowest BCUT2D eigenvalue weighted by Crippen LogP contribution is -2.38. The van der Waals surface area contributed by atoms with Gasteiger partial charge >= 0.3 is 0 Å². The van der Waals surface area contributed by atoms with E-state index in [1.54, 1.807) is 18.3 Å². The highest BCUT2D eigenvalue weighted by molar-refractivity contribution is 6.31. The zero-order chi connectivity index (χ0) is 35.8. The van der Waals surface area contributed by atoms with Crippen LogP contribution in [-0.4, -0.2) is 43.1 Å². The largest absolute Gasteiger partial charge is 0.355 e. The fourth-order valence-electron chi connectivity index (χ4n) is 7.23. The van der Waals surface area contributed by atoms with Gasteiger partial charge in [0, 0.05) is 69.7 Å². The van der Waals surface area contributed by atoms with E-state index in [-0.39, 0.29) is 23.6 Å². The summed E-state index contributed by atoms with van der Waals surface area (Å²) in [5.74, 6) is 0.356. The number of rotatable bonds is 8. The average Bonchev–Trinajstić information content (AvgIpc) is 3.77. The number of halogens is 2. The Hall–Kier alpha value is -5.64. The highest BCUT2D eigenvalue weighted by Gasteiger charge is 2.29. The Balaban J connectivity index is 1.19. The number of nitrogens with zero attached hydrogens (tertiary/aromatic N) is 5. The molecule has 1 atom stereocenters. The second kappa shape index (κ2) is 14.2. The molecule has 2 N–H and O–H groups in total. The molecule has 3 aromatic carbocycles. The van der Waals surface area contributed by atoms with Crippen molar-refractivity contribution in [3.05, 3.63) is 154 Å². The van der Waals surface area contributed by atoms with Crippen molar-refractivity contribution in [1.82, 2.24) is 24.1 Å². The first-order valence-corrected chi connectivity index (χ1v) is 18.0. The molecular formula is C41H35Cl2N7O2. The van der Waals surface area contributed by atoms with E-state index in [0.29, 0.717) is 45.9 Å². The third-order valence-corrected chi connectivity index (χ3v) is 10.4. The van der Waals surface area contributed by atoms with E-state index in [1.807, 2.05) is 108 Å². The summed E-state index contributed by atoms with van der Waals surface area (Å²) in [5, 5.41) is 5.24. The molecule has 0 bridgehead atoms. The van der Waals surface area contributed by atoms with Crippen LogP contribution in [0, 0.1) is 0 Å². The van der Waals surface area contributed by atoms with Gasteiger partial charge in [0.2, 0.25) is 0 Å². The van der Waals surface area contributed by atoms with Crippen LogP contribution < -0.4 is 15.8 Å². The van der Waals surface area contributed by atoms with E-state index in [1.165, 1.54) is 0 Å². The zero-order valence-corrected chi connectivity index (χ0v) is 29.9. The molecule has 0 aliphatic carbocycles. The number of hydrogen-bond acceptors (Lipinski definition) is 5. The highest BCUT2D eigenvalue weighted by atomic mass is 35.5. The van der Waals surface area contributed by atoms with Gasteiger partial charge in [-0.3, -0.25) is 9.59 Å². The first-order valence-electron chi connectivity index (χ1n) is 17.2. The van der Waals surface area contributed by atoms with Crippen LogP contribution in [0.5, 0.6) is 0 Å². The topological polar surface area (TPSA) is 101 Å². The van der Waals surface area contributed by atoms with Crippen molar-refractivity contribution in [2.45, 2.75) is 31.8 Å². The molecule has 260 valence electrons. The van der Waals surface area contributed by atoms with Crippen LogP contribution in [0.3, 0.4) is 0 Å². The number of carbonyl (C=O) groups is 1. The molecule has 1 aliphatic heterocycles. The standard InChI is InChI=1S/C41H35Cl2N7O2/c1-26(27-12-14-29(42)15-13-27)50-25-45-37(28-8-3-2-4-9-28)39(50)36-32-17-16-30(43)24-34(32)46-38(36)41(52)47-33-10-7-20-44-40(33)48-22-18-31(19-23-48)49-21-6-5-11-35(49)51/h2-17,20-21,24-26,31,46H,18-19,22-23H2,1H3,(H,47,52). The number of aromatic nitrogens is 5. The van der Waals surface area contributed by atoms with Gasteiger partial charge in [0.1, 0.15) is 5.69 Å². The van der Waals surface area contributed by atoms with Crippen LogP contribution in [0.1, 0.15) is 47.9 Å². The zero-order valence-electron chi connectivity index (χ0n) is 28.3. The lowest BCUT2D eigenvalue weighted by Gasteiger charge is -2.34. The van der Waals surface area contributed by atoms with Crippen LogP contribution in [0.25, 0.3) is 33.4 Å². The van der Waals surface area contributed by atoms with Crippen molar-refractivity contribution in [3.63, 3.8) is 0 Å². The van der Waals surface area contributed by atoms with Gasteiger partial charge in [0.15, 0.2) is 5.82 Å². The fourth-order valence-corrected chi connectivity index (χ4v) is 7.52. The number of aromatic amines is 1. The summed E-state index contributed by atoms with van der Waals surface area (Å²) in [6.07, 6.45) is 6.97. The van der Waals surface area contributed by atoms with Gasteiger partial charge in [-0.15, -0.1) is 0 Å². The van der Waals surface area contributed by atoms with Gasteiger partial charge in [0.25, 0.3) is 11.5 Å². The molecule has 1 aliphatic rings. The second-order valence-electron chi connectivity index (χ2n) is 13.0. The number of pyridine rings is 2. The number of benzene rings is 3. The second-order valence-corrected chi connectivity index (χ2v) is 13.9. The third-order valence-electron chi connectivity index (χ3n) is 9.88. The first kappa shape index (κ1) is 33.5. The van der Waals surface area contributed by atoms with Crippen molar-refractivity contribution >= 4 is 51.5 Å². The Bertz CT molecular complexity index is 2450. The number of imidazole rings is 1. The Morgan fingerprint density at radius 1 is 0.885 bits per heavy atom. The van der Waals surface area contributed by atoms with E-state index in [4.69, 9.17) is 33.2 Å². The molecule has 0 spiro atoms. The summed E-state index contributed by atoms with van der Waals surface area (Å²) in [7, 11) is 0. The van der Waals surface area contributed by atoms with E-state index in [0.717, 1.165) is 46.3 Å². The molecule has 4 aromatic heterocycles. The molecule has 9 nitrogen and oxygen atoms in total. The Kier molecular flexibility index (Phi) is 9.13. The Morgan fingerprint density at radius 3 is 2.40 bits per heavy atom. The first-order chi connectivity index (χ1) is 25.4. The normalized spacial score (nSPS) is 14.1. The maximum absolute atomic E-state index is 14.6. The molecule has 11 heteroatoms. The SMILES string of the molecule is CC(c1ccc(Cl)cc1)n1cnc(-c2ccccc2)c1-c1c(C(=O)Nc2cccnc2N2CCC(n3ccccc3=O)CC2)[nH]c2cc(Cl)ccc12. The third kappa shape index (κ3) is 6.38. The molecule has 1 fully saturated rings. The predicted molar refractivity (Wildman–Crippen MR) is 209 cm³/mol. The smallest absolute Gasteiger partial charge is 0.272 e. The summed E-state index contributed by atoms with van der Waals surface area (Å²) in [5.41, 5.74) is 5.90. The Morgan fingerprint density at radius 2 is 1.63 bits per heavy atom. The molecule has 1 unspecified atom stereocenters. The van der Waals surface area contributed by atoms with E-state index in [9.17, 15) is 9.59 Å². The van der Waals surface area contributed by atoms with Gasteiger partial charge in [-0.05, 0) is 67.8 Å². The maximum Gasteiger partial charge on any atom is 0.272 e. The van der Waals surface area contributed by atoms with E-state index in [2.05, 4.69) is 26.7 Å². The predicted octanol–water partition coefficient (Wildman–Crippen LogP) is 9.27. The van der Waals surface area contributed by atoms with Crippen LogP contribution in [0.2, 0.25) is 10.0 Å². The molecule has 0 radical (unpaired) electrons. The summed E-state index contributed by atoms with van der Waals surface area (Å²) in [6, 6.07) is 32.2. The maximum atomic E-state index is 14.6. The van der Waals surface area contributed by atoms with Crippen LogP contribution in [-0.2, 0) is 0 Å². The average molecular weight is 729 g/mol. The summed E-state index contributed by atoms with van der Waals surface area (Å²) in [6.45, 7) is 3.47. The highest BCUT2D eigenvalue weighted by Crippen LogP contribution is 2.42. The minimum Gasteiger partial charge on any atom is -0.355 e. The number of carbonyl (C=O) groups excluding carboxylic acids is 1. The molecule has 1 saturated heterocycles. The number of H-pyrrole nitrogens is 1. The van der Waals surface area contributed by atoms with Crippen molar-refractivity contribution in [1.29, 1.82) is 0 Å². The van der Waals surface area contributed by atoms with Gasteiger partial charge in [0.05, 0.1) is 29.4 Å². The van der Waals surface area contributed by atoms with Gasteiger partial charge < -0.3 is 24.3 Å². The minimum atomic E-state index is -0.326. The van der Waals surface area contributed by atoms with Crippen molar-refractivity contribution in [2.24, 2.45) is 0 Å².